The van der Waals surface area contributed by atoms with Crippen molar-refractivity contribution in [3.63, 3.8) is 0 Å². The summed E-state index contributed by atoms with van der Waals surface area (Å²) in [4.78, 5) is 0. The zero-order chi connectivity index (χ0) is 13.8. The first-order valence-corrected chi connectivity index (χ1v) is 6.93. The SMILES string of the molecule is NNC(Cc1cccc(Cl)c1)c1cccc(Br)c1F. The Bertz CT molecular complexity index is 577. The van der Waals surface area contributed by atoms with Gasteiger partial charge >= 0.3 is 0 Å². The summed E-state index contributed by atoms with van der Waals surface area (Å²) < 4.78 is 14.5. The van der Waals surface area contributed by atoms with E-state index in [0.29, 0.717) is 21.5 Å². The van der Waals surface area contributed by atoms with Gasteiger partial charge in [-0.15, -0.1) is 0 Å². The van der Waals surface area contributed by atoms with Gasteiger partial charge in [-0.1, -0.05) is 35.9 Å². The molecule has 1 atom stereocenters. The summed E-state index contributed by atoms with van der Waals surface area (Å²) >= 11 is 9.12. The molecule has 0 aliphatic heterocycles. The van der Waals surface area contributed by atoms with Crippen LogP contribution < -0.4 is 11.3 Å². The molecule has 0 saturated carbocycles. The van der Waals surface area contributed by atoms with Crippen LogP contribution in [0.1, 0.15) is 17.2 Å². The lowest BCUT2D eigenvalue weighted by molar-refractivity contribution is 0.508. The fourth-order valence-corrected chi connectivity index (χ4v) is 2.54. The Kier molecular flexibility index (Phi) is 4.93. The molecule has 0 heterocycles. The molecule has 2 nitrogen and oxygen atoms in total. The van der Waals surface area contributed by atoms with Crippen LogP contribution in [0.4, 0.5) is 4.39 Å². The maximum Gasteiger partial charge on any atom is 0.142 e. The summed E-state index contributed by atoms with van der Waals surface area (Å²) in [7, 11) is 0. The monoisotopic (exact) mass is 342 g/mol. The van der Waals surface area contributed by atoms with Gasteiger partial charge in [-0.3, -0.25) is 11.3 Å². The summed E-state index contributed by atoms with van der Waals surface area (Å²) in [6.45, 7) is 0. The van der Waals surface area contributed by atoms with E-state index in [9.17, 15) is 4.39 Å². The first-order chi connectivity index (χ1) is 9.11. The van der Waals surface area contributed by atoms with E-state index < -0.39 is 0 Å². The van der Waals surface area contributed by atoms with Crippen LogP contribution in [-0.4, -0.2) is 0 Å². The summed E-state index contributed by atoms with van der Waals surface area (Å²) in [6.07, 6.45) is 0.560. The van der Waals surface area contributed by atoms with E-state index in [1.54, 1.807) is 24.3 Å². The van der Waals surface area contributed by atoms with Crippen molar-refractivity contribution in [1.82, 2.24) is 5.43 Å². The number of hydrogen-bond donors (Lipinski definition) is 2. The van der Waals surface area contributed by atoms with Crippen LogP contribution in [0.25, 0.3) is 0 Å². The van der Waals surface area contributed by atoms with Gasteiger partial charge < -0.3 is 0 Å². The largest absolute Gasteiger partial charge is 0.271 e. The molecule has 0 bridgehead atoms. The highest BCUT2D eigenvalue weighted by molar-refractivity contribution is 9.10. The van der Waals surface area contributed by atoms with Gasteiger partial charge in [-0.25, -0.2) is 4.39 Å². The van der Waals surface area contributed by atoms with Gasteiger partial charge in [0.1, 0.15) is 5.82 Å². The Morgan fingerprint density at radius 2 is 2.00 bits per heavy atom. The van der Waals surface area contributed by atoms with Gasteiger partial charge in [0.15, 0.2) is 0 Å². The van der Waals surface area contributed by atoms with E-state index in [-0.39, 0.29) is 11.9 Å². The third-order valence-electron chi connectivity index (χ3n) is 2.89. The minimum absolute atomic E-state index is 0.299. The standard InChI is InChI=1S/C14H13BrClFN2/c15-12-6-2-5-11(14(12)17)13(19-18)8-9-3-1-4-10(16)7-9/h1-7,13,19H,8,18H2. The Labute approximate surface area is 124 Å². The van der Waals surface area contributed by atoms with Crippen LogP contribution in [0.15, 0.2) is 46.9 Å². The van der Waals surface area contributed by atoms with Gasteiger partial charge in [0.05, 0.1) is 10.5 Å². The fraction of sp³-hybridized carbons (Fsp3) is 0.143. The predicted molar refractivity (Wildman–Crippen MR) is 79.3 cm³/mol. The second-order valence-corrected chi connectivity index (χ2v) is 5.49. The zero-order valence-electron chi connectivity index (χ0n) is 10.0. The number of benzene rings is 2. The molecular formula is C14H13BrClFN2. The van der Waals surface area contributed by atoms with Crippen molar-refractivity contribution in [1.29, 1.82) is 0 Å². The first kappa shape index (κ1) is 14.5. The third kappa shape index (κ3) is 3.54. The van der Waals surface area contributed by atoms with E-state index in [2.05, 4.69) is 21.4 Å². The van der Waals surface area contributed by atoms with Crippen molar-refractivity contribution in [2.75, 3.05) is 0 Å². The zero-order valence-corrected chi connectivity index (χ0v) is 12.4. The molecule has 0 aliphatic rings. The highest BCUT2D eigenvalue weighted by Gasteiger charge is 2.16. The summed E-state index contributed by atoms with van der Waals surface area (Å²) in [5, 5.41) is 0.656. The smallest absolute Gasteiger partial charge is 0.142 e. The molecule has 100 valence electrons. The molecule has 2 aromatic rings. The average molecular weight is 344 g/mol. The van der Waals surface area contributed by atoms with Gasteiger partial charge in [-0.05, 0) is 46.1 Å². The van der Waals surface area contributed by atoms with Crippen molar-refractivity contribution in [2.45, 2.75) is 12.5 Å². The molecule has 1 unspecified atom stereocenters. The van der Waals surface area contributed by atoms with Crippen LogP contribution in [0.3, 0.4) is 0 Å². The second-order valence-electron chi connectivity index (χ2n) is 4.20. The van der Waals surface area contributed by atoms with Crippen LogP contribution in [0.2, 0.25) is 5.02 Å². The van der Waals surface area contributed by atoms with E-state index in [1.807, 2.05) is 18.2 Å². The van der Waals surface area contributed by atoms with Gasteiger partial charge in [0.25, 0.3) is 0 Å². The quantitative estimate of drug-likeness (QED) is 0.651. The van der Waals surface area contributed by atoms with Crippen molar-refractivity contribution >= 4 is 27.5 Å². The van der Waals surface area contributed by atoms with E-state index in [1.165, 1.54) is 0 Å². The lowest BCUT2D eigenvalue weighted by Crippen LogP contribution is -2.30. The number of nitrogens with one attached hydrogen (secondary N) is 1. The van der Waals surface area contributed by atoms with Crippen LogP contribution in [-0.2, 0) is 6.42 Å². The number of hydrazine groups is 1. The minimum Gasteiger partial charge on any atom is -0.271 e. The van der Waals surface area contributed by atoms with Crippen LogP contribution >= 0.6 is 27.5 Å². The molecule has 0 spiro atoms. The molecule has 3 N–H and O–H groups in total. The molecule has 0 aromatic heterocycles. The maximum atomic E-state index is 14.1. The molecular weight excluding hydrogens is 331 g/mol. The number of nitrogens with two attached hydrogens (primary N) is 1. The Morgan fingerprint density at radius 3 is 2.68 bits per heavy atom. The lowest BCUT2D eigenvalue weighted by Gasteiger charge is -2.17. The van der Waals surface area contributed by atoms with E-state index in [4.69, 9.17) is 17.4 Å². The molecule has 2 aromatic carbocycles. The van der Waals surface area contributed by atoms with E-state index >= 15 is 0 Å². The van der Waals surface area contributed by atoms with Crippen LogP contribution in [0, 0.1) is 5.82 Å². The highest BCUT2D eigenvalue weighted by Crippen LogP contribution is 2.26. The van der Waals surface area contributed by atoms with Crippen molar-refractivity contribution in [2.24, 2.45) is 5.84 Å². The normalized spacial score (nSPS) is 12.4. The Morgan fingerprint density at radius 1 is 1.26 bits per heavy atom. The molecule has 19 heavy (non-hydrogen) atoms. The van der Waals surface area contributed by atoms with Crippen molar-refractivity contribution < 1.29 is 4.39 Å². The molecule has 2 rings (SSSR count). The van der Waals surface area contributed by atoms with Crippen molar-refractivity contribution in [3.05, 3.63) is 68.9 Å². The lowest BCUT2D eigenvalue weighted by atomic mass is 9.99. The molecule has 0 fully saturated rings. The maximum absolute atomic E-state index is 14.1. The van der Waals surface area contributed by atoms with E-state index in [0.717, 1.165) is 5.56 Å². The van der Waals surface area contributed by atoms with Crippen LogP contribution in [0.5, 0.6) is 0 Å². The van der Waals surface area contributed by atoms with Crippen molar-refractivity contribution in [3.8, 4) is 0 Å². The Balaban J connectivity index is 2.28. The summed E-state index contributed by atoms with van der Waals surface area (Å²) in [5.41, 5.74) is 4.17. The number of halogens is 3. The minimum atomic E-state index is -0.309. The van der Waals surface area contributed by atoms with Gasteiger partial charge in [-0.2, -0.15) is 0 Å². The predicted octanol–water partition coefficient (Wildman–Crippen LogP) is 3.99. The average Bonchev–Trinajstić information content (AvgIpc) is 2.40. The molecule has 0 radical (unpaired) electrons. The first-order valence-electron chi connectivity index (χ1n) is 5.76. The second kappa shape index (κ2) is 6.48. The molecule has 0 amide bonds. The van der Waals surface area contributed by atoms with Gasteiger partial charge in [0, 0.05) is 10.6 Å². The third-order valence-corrected chi connectivity index (χ3v) is 3.73. The molecule has 0 aliphatic carbocycles. The number of hydrogen-bond acceptors (Lipinski definition) is 2. The Hall–Kier alpha value is -0.940. The topological polar surface area (TPSA) is 38.0 Å². The highest BCUT2D eigenvalue weighted by atomic mass is 79.9. The summed E-state index contributed by atoms with van der Waals surface area (Å²) in [5.74, 6) is 5.25. The van der Waals surface area contributed by atoms with Gasteiger partial charge in [0.2, 0.25) is 0 Å². The molecule has 0 saturated heterocycles. The number of rotatable bonds is 4. The molecule has 5 heteroatoms. The summed E-state index contributed by atoms with van der Waals surface area (Å²) in [6, 6.07) is 12.3. The fourth-order valence-electron chi connectivity index (χ4n) is 1.95.